The van der Waals surface area contributed by atoms with E-state index in [-0.39, 0.29) is 5.79 Å². The Labute approximate surface area is 216 Å². The molecule has 0 amide bonds. The highest BCUT2D eigenvalue weighted by molar-refractivity contribution is 6.30. The van der Waals surface area contributed by atoms with Crippen molar-refractivity contribution >= 4 is 11.6 Å². The first-order valence-corrected chi connectivity index (χ1v) is 14.3. The summed E-state index contributed by atoms with van der Waals surface area (Å²) in [5.41, 5.74) is 0.694. The van der Waals surface area contributed by atoms with Gasteiger partial charge in [-0.05, 0) is 123 Å². The van der Waals surface area contributed by atoms with E-state index in [0.29, 0.717) is 27.7 Å². The molecule has 8 atom stereocenters. The molecule has 0 unspecified atom stereocenters. The van der Waals surface area contributed by atoms with Crippen LogP contribution in [0.25, 0.3) is 0 Å². The molecule has 1 saturated heterocycles. The van der Waals surface area contributed by atoms with E-state index in [1.54, 1.807) is 0 Å². The molecule has 1 aliphatic heterocycles. The summed E-state index contributed by atoms with van der Waals surface area (Å²) in [6.07, 6.45) is 10.4. The fourth-order valence-corrected chi connectivity index (χ4v) is 9.80. The minimum atomic E-state index is -0.871. The number of ether oxygens (including phenoxy) is 2. The first-order valence-electron chi connectivity index (χ1n) is 13.9. The summed E-state index contributed by atoms with van der Waals surface area (Å²) in [7, 11) is 0. The van der Waals surface area contributed by atoms with Crippen molar-refractivity contribution in [2.45, 2.75) is 89.9 Å². The van der Waals surface area contributed by atoms with Gasteiger partial charge in [-0.1, -0.05) is 37.3 Å². The van der Waals surface area contributed by atoms with Crippen LogP contribution in [0.5, 0.6) is 0 Å². The fourth-order valence-electron chi connectivity index (χ4n) is 9.67. The van der Waals surface area contributed by atoms with E-state index in [0.717, 1.165) is 55.8 Å². The standard InChI is InChI=1S/C31H41ClO3/c1-28-16-17-31(33,15-12-21-4-7-23(32)8-5-21)20-22(28)6-9-24-25-10-11-27(30(3)34-18-19-35-30)29(25,2)14-13-26(24)28/h4-5,7-8,22,24-27,33H,6,9-11,13-14,16-20H2,1-3H3/t22-,24+,25+,26+,27+,28+,29+,31-/m1/s1. The highest BCUT2D eigenvalue weighted by Gasteiger charge is 2.64. The number of hydrogen-bond donors (Lipinski definition) is 1. The summed E-state index contributed by atoms with van der Waals surface area (Å²) in [6, 6.07) is 7.61. The molecule has 4 aliphatic carbocycles. The van der Waals surface area contributed by atoms with E-state index in [1.807, 2.05) is 24.3 Å². The molecule has 0 spiro atoms. The van der Waals surface area contributed by atoms with E-state index in [1.165, 1.54) is 38.5 Å². The van der Waals surface area contributed by atoms with E-state index in [2.05, 4.69) is 32.6 Å². The molecule has 6 rings (SSSR count). The quantitative estimate of drug-likeness (QED) is 0.432. The minimum absolute atomic E-state index is 0.320. The molecule has 0 aromatic heterocycles. The third-order valence-electron chi connectivity index (χ3n) is 11.5. The zero-order valence-electron chi connectivity index (χ0n) is 21.6. The molecule has 190 valence electrons. The molecule has 1 aromatic carbocycles. The Morgan fingerprint density at radius 1 is 0.857 bits per heavy atom. The van der Waals surface area contributed by atoms with E-state index < -0.39 is 5.60 Å². The lowest BCUT2D eigenvalue weighted by molar-refractivity contribution is -0.219. The first kappa shape index (κ1) is 24.3. The summed E-state index contributed by atoms with van der Waals surface area (Å²) in [6.45, 7) is 8.80. The maximum absolute atomic E-state index is 11.5. The molecule has 5 fully saturated rings. The van der Waals surface area contributed by atoms with Gasteiger partial charge in [0.05, 0.1) is 13.2 Å². The van der Waals surface area contributed by atoms with Crippen LogP contribution in [-0.2, 0) is 9.47 Å². The molecule has 0 bridgehead atoms. The van der Waals surface area contributed by atoms with Crippen molar-refractivity contribution in [2.75, 3.05) is 13.2 Å². The second-order valence-electron chi connectivity index (χ2n) is 13.0. The van der Waals surface area contributed by atoms with Crippen molar-refractivity contribution in [3.8, 4) is 11.8 Å². The fraction of sp³-hybridized carbons (Fsp3) is 0.742. The number of halogens is 1. The smallest absolute Gasteiger partial charge is 0.169 e. The van der Waals surface area contributed by atoms with Gasteiger partial charge in [0.15, 0.2) is 5.79 Å². The molecule has 1 heterocycles. The summed E-state index contributed by atoms with van der Waals surface area (Å²) in [5, 5.41) is 12.2. The van der Waals surface area contributed by atoms with Crippen molar-refractivity contribution < 1.29 is 14.6 Å². The van der Waals surface area contributed by atoms with Gasteiger partial charge in [-0.2, -0.15) is 0 Å². The first-order chi connectivity index (χ1) is 16.7. The highest BCUT2D eigenvalue weighted by atomic mass is 35.5. The molecule has 0 radical (unpaired) electrons. The number of benzene rings is 1. The second kappa shape index (κ2) is 8.49. The Bertz CT molecular complexity index is 1020. The molecule has 4 saturated carbocycles. The summed E-state index contributed by atoms with van der Waals surface area (Å²) >= 11 is 6.02. The van der Waals surface area contributed by atoms with Crippen molar-refractivity contribution in [3.05, 3.63) is 34.9 Å². The van der Waals surface area contributed by atoms with E-state index in [4.69, 9.17) is 21.1 Å². The van der Waals surface area contributed by atoms with Gasteiger partial charge in [-0.25, -0.2) is 0 Å². The summed E-state index contributed by atoms with van der Waals surface area (Å²) < 4.78 is 12.4. The number of hydrogen-bond acceptors (Lipinski definition) is 3. The van der Waals surface area contributed by atoms with Crippen LogP contribution in [0.1, 0.15) is 84.1 Å². The lowest BCUT2D eigenvalue weighted by Crippen LogP contribution is -2.57. The molecule has 1 aromatic rings. The minimum Gasteiger partial charge on any atom is -0.378 e. The maximum Gasteiger partial charge on any atom is 0.169 e. The van der Waals surface area contributed by atoms with E-state index in [9.17, 15) is 5.11 Å². The third-order valence-corrected chi connectivity index (χ3v) is 11.8. The Morgan fingerprint density at radius 3 is 2.31 bits per heavy atom. The van der Waals surface area contributed by atoms with Crippen LogP contribution in [0.2, 0.25) is 5.02 Å². The van der Waals surface area contributed by atoms with Crippen LogP contribution in [0.3, 0.4) is 0 Å². The Morgan fingerprint density at radius 2 is 1.57 bits per heavy atom. The zero-order chi connectivity index (χ0) is 24.5. The van der Waals surface area contributed by atoms with Crippen molar-refractivity contribution in [3.63, 3.8) is 0 Å². The van der Waals surface area contributed by atoms with Crippen molar-refractivity contribution in [2.24, 2.45) is 40.4 Å². The highest BCUT2D eigenvalue weighted by Crippen LogP contribution is 2.69. The molecule has 5 aliphatic rings. The molecule has 3 nitrogen and oxygen atoms in total. The van der Waals surface area contributed by atoms with Gasteiger partial charge in [-0.3, -0.25) is 0 Å². The molecular weight excluding hydrogens is 456 g/mol. The van der Waals surface area contributed by atoms with Crippen LogP contribution < -0.4 is 0 Å². The monoisotopic (exact) mass is 496 g/mol. The summed E-state index contributed by atoms with van der Waals surface area (Å²) in [5.74, 6) is 9.54. The largest absolute Gasteiger partial charge is 0.378 e. The van der Waals surface area contributed by atoms with Crippen LogP contribution in [-0.4, -0.2) is 29.7 Å². The molecular formula is C31H41ClO3. The summed E-state index contributed by atoms with van der Waals surface area (Å²) in [4.78, 5) is 0. The lowest BCUT2D eigenvalue weighted by atomic mass is 9.43. The normalized spacial score (nSPS) is 46.1. The number of fused-ring (bicyclic) bond motifs is 5. The Balaban J connectivity index is 1.19. The molecule has 4 heteroatoms. The third kappa shape index (κ3) is 3.90. The second-order valence-corrected chi connectivity index (χ2v) is 13.5. The maximum atomic E-state index is 11.5. The van der Waals surface area contributed by atoms with Crippen LogP contribution in [0.15, 0.2) is 24.3 Å². The van der Waals surface area contributed by atoms with Crippen LogP contribution in [0.4, 0.5) is 0 Å². The van der Waals surface area contributed by atoms with Gasteiger partial charge in [0.1, 0.15) is 5.60 Å². The lowest BCUT2D eigenvalue weighted by Gasteiger charge is -2.62. The van der Waals surface area contributed by atoms with Gasteiger partial charge in [0.2, 0.25) is 0 Å². The van der Waals surface area contributed by atoms with Gasteiger partial charge in [0, 0.05) is 16.5 Å². The van der Waals surface area contributed by atoms with Crippen LogP contribution in [0, 0.1) is 52.3 Å². The van der Waals surface area contributed by atoms with Crippen LogP contribution >= 0.6 is 11.6 Å². The molecule has 1 N–H and O–H groups in total. The van der Waals surface area contributed by atoms with E-state index >= 15 is 0 Å². The predicted molar refractivity (Wildman–Crippen MR) is 139 cm³/mol. The number of aliphatic hydroxyl groups is 1. The topological polar surface area (TPSA) is 38.7 Å². The van der Waals surface area contributed by atoms with Gasteiger partial charge >= 0.3 is 0 Å². The van der Waals surface area contributed by atoms with Gasteiger partial charge < -0.3 is 14.6 Å². The Kier molecular flexibility index (Phi) is 5.89. The van der Waals surface area contributed by atoms with Gasteiger partial charge in [0.25, 0.3) is 0 Å². The van der Waals surface area contributed by atoms with Crippen molar-refractivity contribution in [1.29, 1.82) is 0 Å². The average molecular weight is 497 g/mol. The average Bonchev–Trinajstić information content (AvgIpc) is 3.43. The SMILES string of the molecule is CC1([C@H]2CC[C@H]3[C@@H]4CC[C@@H]5C[C@@](O)(C#Cc6ccc(Cl)cc6)CC[C@]5(C)[C@H]4CC[C@]23C)OCCO1. The molecule has 35 heavy (non-hydrogen) atoms. The van der Waals surface area contributed by atoms with Crippen molar-refractivity contribution in [1.82, 2.24) is 0 Å². The number of rotatable bonds is 1. The van der Waals surface area contributed by atoms with Gasteiger partial charge in [-0.15, -0.1) is 0 Å². The zero-order valence-corrected chi connectivity index (χ0v) is 22.4. The Hall–Kier alpha value is -1.05. The predicted octanol–water partition coefficient (Wildman–Crippen LogP) is 6.84.